The summed E-state index contributed by atoms with van der Waals surface area (Å²) in [4.78, 5) is 28.3. The van der Waals surface area contributed by atoms with Gasteiger partial charge in [-0.25, -0.2) is 0 Å². The van der Waals surface area contributed by atoms with Gasteiger partial charge in [-0.15, -0.1) is 0 Å². The normalized spacial score (nSPS) is 17.3. The Morgan fingerprint density at radius 3 is 2.44 bits per heavy atom. The number of carbonyl (C=O) groups is 1. The number of piperidine rings is 1. The Balaban J connectivity index is 1.91. The Morgan fingerprint density at radius 1 is 1.04 bits per heavy atom. The van der Waals surface area contributed by atoms with E-state index in [0.717, 1.165) is 25.8 Å². The number of carbonyl (C=O) groups excluding carboxylic acids is 1. The van der Waals surface area contributed by atoms with Crippen molar-refractivity contribution in [1.82, 2.24) is 9.47 Å². The van der Waals surface area contributed by atoms with Gasteiger partial charge in [0.25, 0.3) is 11.5 Å². The summed E-state index contributed by atoms with van der Waals surface area (Å²) in [5.74, 6) is -0.0129. The van der Waals surface area contributed by atoms with Gasteiger partial charge in [-0.2, -0.15) is 0 Å². The lowest BCUT2D eigenvalue weighted by atomic mass is 10.0. The third-order valence-electron chi connectivity index (χ3n) is 5.32. The molecule has 0 aliphatic carbocycles. The van der Waals surface area contributed by atoms with Crippen molar-refractivity contribution >= 4 is 28.3 Å². The van der Waals surface area contributed by atoms with Gasteiger partial charge in [0.1, 0.15) is 0 Å². The van der Waals surface area contributed by atoms with Gasteiger partial charge in [-0.1, -0.05) is 29.8 Å². The van der Waals surface area contributed by atoms with Gasteiger partial charge in [0.05, 0.1) is 5.56 Å². The van der Waals surface area contributed by atoms with Crippen molar-refractivity contribution < 1.29 is 4.79 Å². The second-order valence-electron chi connectivity index (χ2n) is 7.08. The third kappa shape index (κ3) is 3.26. The van der Waals surface area contributed by atoms with Crippen LogP contribution in [0.3, 0.4) is 0 Å². The molecule has 4 rings (SSSR count). The molecule has 1 unspecified atom stereocenters. The van der Waals surface area contributed by atoms with E-state index in [2.05, 4.69) is 6.92 Å². The van der Waals surface area contributed by atoms with E-state index in [1.165, 1.54) is 0 Å². The first-order chi connectivity index (χ1) is 13.1. The molecular formula is C22H21ClN2O2. The minimum Gasteiger partial charge on any atom is -0.336 e. The summed E-state index contributed by atoms with van der Waals surface area (Å²) in [7, 11) is 0. The van der Waals surface area contributed by atoms with Gasteiger partial charge in [0, 0.05) is 40.3 Å². The highest BCUT2D eigenvalue weighted by molar-refractivity contribution is 6.30. The molecular weight excluding hydrogens is 360 g/mol. The summed E-state index contributed by atoms with van der Waals surface area (Å²) in [6.45, 7) is 2.85. The molecule has 0 bridgehead atoms. The topological polar surface area (TPSA) is 42.3 Å². The quantitative estimate of drug-likeness (QED) is 0.649. The molecule has 2 aromatic carbocycles. The molecule has 4 nitrogen and oxygen atoms in total. The van der Waals surface area contributed by atoms with Crippen LogP contribution in [0.5, 0.6) is 0 Å². The van der Waals surface area contributed by atoms with Gasteiger partial charge in [-0.3, -0.25) is 14.2 Å². The van der Waals surface area contributed by atoms with E-state index < -0.39 is 0 Å². The smallest absolute Gasteiger partial charge is 0.262 e. The highest BCUT2D eigenvalue weighted by atomic mass is 35.5. The van der Waals surface area contributed by atoms with Crippen molar-refractivity contribution in [1.29, 1.82) is 0 Å². The molecule has 1 saturated heterocycles. The lowest BCUT2D eigenvalue weighted by Crippen LogP contribution is -2.42. The van der Waals surface area contributed by atoms with Crippen LogP contribution >= 0.6 is 11.6 Å². The molecule has 5 heteroatoms. The number of nitrogens with zero attached hydrogens (tertiary/aromatic N) is 2. The van der Waals surface area contributed by atoms with E-state index in [1.807, 2.05) is 23.1 Å². The van der Waals surface area contributed by atoms with Crippen molar-refractivity contribution in [2.24, 2.45) is 0 Å². The number of hydrogen-bond donors (Lipinski definition) is 0. The number of pyridine rings is 1. The van der Waals surface area contributed by atoms with Crippen molar-refractivity contribution in [3.05, 3.63) is 75.7 Å². The molecule has 0 saturated carbocycles. The highest BCUT2D eigenvalue weighted by Crippen LogP contribution is 2.24. The van der Waals surface area contributed by atoms with Gasteiger partial charge >= 0.3 is 0 Å². The van der Waals surface area contributed by atoms with Gasteiger partial charge in [0.15, 0.2) is 0 Å². The fourth-order valence-corrected chi connectivity index (χ4v) is 3.94. The van der Waals surface area contributed by atoms with Crippen LogP contribution in [0.2, 0.25) is 5.02 Å². The predicted octanol–water partition coefficient (Wildman–Crippen LogP) is 4.66. The van der Waals surface area contributed by atoms with E-state index in [4.69, 9.17) is 11.6 Å². The number of hydrogen-bond acceptors (Lipinski definition) is 2. The Kier molecular flexibility index (Phi) is 4.75. The first-order valence-corrected chi connectivity index (χ1v) is 9.65. The number of amides is 1. The predicted molar refractivity (Wildman–Crippen MR) is 109 cm³/mol. The number of fused-ring (bicyclic) bond motifs is 1. The van der Waals surface area contributed by atoms with Crippen molar-refractivity contribution in [3.8, 4) is 5.69 Å². The second kappa shape index (κ2) is 7.20. The Bertz CT molecular complexity index is 1060. The van der Waals surface area contributed by atoms with Crippen LogP contribution in [0.4, 0.5) is 0 Å². The maximum absolute atomic E-state index is 13.4. The fourth-order valence-electron chi connectivity index (χ4n) is 3.81. The Morgan fingerprint density at radius 2 is 1.74 bits per heavy atom. The highest BCUT2D eigenvalue weighted by Gasteiger charge is 2.26. The number of benzene rings is 2. The zero-order chi connectivity index (χ0) is 19.0. The standard InChI is InChI=1S/C22H21ClN2O2/c1-15-6-4-5-13-24(15)22(27)20-14-25(17-11-9-16(23)10-12-17)21(26)19-8-3-2-7-18(19)20/h2-3,7-12,14-15H,4-6,13H2,1H3. The van der Waals surface area contributed by atoms with Crippen LogP contribution in [-0.2, 0) is 0 Å². The first kappa shape index (κ1) is 17.8. The average Bonchev–Trinajstić information content (AvgIpc) is 2.69. The van der Waals surface area contributed by atoms with E-state index in [-0.39, 0.29) is 17.5 Å². The molecule has 1 aliphatic heterocycles. The SMILES string of the molecule is CC1CCCCN1C(=O)c1cn(-c2ccc(Cl)cc2)c(=O)c2ccccc12. The van der Waals surface area contributed by atoms with Gasteiger partial charge in [0.2, 0.25) is 0 Å². The summed E-state index contributed by atoms with van der Waals surface area (Å²) in [6, 6.07) is 14.6. The first-order valence-electron chi connectivity index (χ1n) is 9.27. The zero-order valence-corrected chi connectivity index (χ0v) is 15.9. The molecule has 1 aliphatic rings. The summed E-state index contributed by atoms with van der Waals surface area (Å²) in [5.41, 5.74) is 1.11. The van der Waals surface area contributed by atoms with Crippen LogP contribution in [0.1, 0.15) is 36.5 Å². The second-order valence-corrected chi connectivity index (χ2v) is 7.52. The van der Waals surface area contributed by atoms with Gasteiger partial charge in [-0.05, 0) is 56.5 Å². The summed E-state index contributed by atoms with van der Waals surface area (Å²) >= 11 is 5.99. The molecule has 0 radical (unpaired) electrons. The van der Waals surface area contributed by atoms with E-state index in [0.29, 0.717) is 27.0 Å². The van der Waals surface area contributed by atoms with Crippen molar-refractivity contribution in [2.45, 2.75) is 32.2 Å². The molecule has 0 spiro atoms. The molecule has 0 N–H and O–H groups in total. The fraction of sp³-hybridized carbons (Fsp3) is 0.273. The van der Waals surface area contributed by atoms with Gasteiger partial charge < -0.3 is 4.90 Å². The molecule has 1 atom stereocenters. The molecule has 3 aromatic rings. The zero-order valence-electron chi connectivity index (χ0n) is 15.2. The number of halogens is 1. The number of likely N-dealkylation sites (tertiary alicyclic amines) is 1. The van der Waals surface area contributed by atoms with Crippen LogP contribution in [0.25, 0.3) is 16.5 Å². The summed E-state index contributed by atoms with van der Waals surface area (Å²) in [5, 5.41) is 1.85. The number of aromatic nitrogens is 1. The summed E-state index contributed by atoms with van der Waals surface area (Å²) < 4.78 is 1.54. The lowest BCUT2D eigenvalue weighted by Gasteiger charge is -2.33. The Hall–Kier alpha value is -2.59. The Labute approximate surface area is 163 Å². The molecule has 2 heterocycles. The maximum Gasteiger partial charge on any atom is 0.262 e. The van der Waals surface area contributed by atoms with E-state index in [9.17, 15) is 9.59 Å². The average molecular weight is 381 g/mol. The molecule has 1 amide bonds. The van der Waals surface area contributed by atoms with Crippen LogP contribution in [-0.4, -0.2) is 28.0 Å². The van der Waals surface area contributed by atoms with E-state index in [1.54, 1.807) is 41.1 Å². The van der Waals surface area contributed by atoms with E-state index >= 15 is 0 Å². The summed E-state index contributed by atoms with van der Waals surface area (Å²) in [6.07, 6.45) is 4.86. The van der Waals surface area contributed by atoms with Crippen LogP contribution in [0.15, 0.2) is 59.5 Å². The molecule has 1 aromatic heterocycles. The lowest BCUT2D eigenvalue weighted by molar-refractivity contribution is 0.0637. The third-order valence-corrected chi connectivity index (χ3v) is 5.58. The molecule has 138 valence electrons. The molecule has 27 heavy (non-hydrogen) atoms. The molecule has 1 fully saturated rings. The maximum atomic E-state index is 13.4. The number of rotatable bonds is 2. The van der Waals surface area contributed by atoms with Crippen LogP contribution in [0, 0.1) is 0 Å². The monoisotopic (exact) mass is 380 g/mol. The minimum absolute atomic E-state index is 0.0129. The largest absolute Gasteiger partial charge is 0.336 e. The van der Waals surface area contributed by atoms with Crippen molar-refractivity contribution in [3.63, 3.8) is 0 Å². The van der Waals surface area contributed by atoms with Crippen LogP contribution < -0.4 is 5.56 Å². The van der Waals surface area contributed by atoms with Crippen molar-refractivity contribution in [2.75, 3.05) is 6.54 Å². The minimum atomic E-state index is -0.142.